The van der Waals surface area contributed by atoms with E-state index in [1.54, 1.807) is 19.1 Å². The fraction of sp³-hybridized carbons (Fsp3) is 0.462. The number of hydrogen-bond donors (Lipinski definition) is 2. The number of benzene rings is 1. The number of amides is 1. The molecule has 3 heteroatoms. The normalized spacial score (nSPS) is 11.1. The van der Waals surface area contributed by atoms with Crippen molar-refractivity contribution in [1.82, 2.24) is 5.32 Å². The molecule has 0 aliphatic heterocycles. The van der Waals surface area contributed by atoms with Gasteiger partial charge in [0, 0.05) is 12.1 Å². The summed E-state index contributed by atoms with van der Waals surface area (Å²) in [5.74, 6) is -0.147. The zero-order valence-electron chi connectivity index (χ0n) is 10.4. The Labute approximate surface area is 97.5 Å². The Balaban J connectivity index is 0.00000106. The van der Waals surface area contributed by atoms with Crippen LogP contribution in [0, 0.1) is 6.92 Å². The number of aryl methyl sites for hydroxylation is 1. The van der Waals surface area contributed by atoms with Crippen LogP contribution in [0.1, 0.15) is 36.7 Å². The van der Waals surface area contributed by atoms with E-state index in [-0.39, 0.29) is 12.5 Å². The first-order chi connectivity index (χ1) is 7.59. The number of hydrogen-bond acceptors (Lipinski definition) is 2. The lowest BCUT2D eigenvalue weighted by atomic mass is 10.1. The van der Waals surface area contributed by atoms with E-state index in [9.17, 15) is 4.79 Å². The summed E-state index contributed by atoms with van der Waals surface area (Å²) in [4.78, 5) is 11.4. The molecule has 0 bridgehead atoms. The van der Waals surface area contributed by atoms with Crippen LogP contribution in [0.3, 0.4) is 0 Å². The maximum absolute atomic E-state index is 11.4. The summed E-state index contributed by atoms with van der Waals surface area (Å²) < 4.78 is 0. The fourth-order valence-electron chi connectivity index (χ4n) is 1.05. The summed E-state index contributed by atoms with van der Waals surface area (Å²) in [7, 11) is 0. The minimum Gasteiger partial charge on any atom is -0.392 e. The van der Waals surface area contributed by atoms with Gasteiger partial charge in [0.15, 0.2) is 0 Å². The average Bonchev–Trinajstić information content (AvgIpc) is 2.29. The van der Waals surface area contributed by atoms with Gasteiger partial charge in [0.25, 0.3) is 5.91 Å². The third-order valence-electron chi connectivity index (χ3n) is 1.87. The van der Waals surface area contributed by atoms with Crippen molar-refractivity contribution in [2.75, 3.05) is 6.54 Å². The van der Waals surface area contributed by atoms with Crippen LogP contribution in [-0.4, -0.2) is 23.7 Å². The van der Waals surface area contributed by atoms with Gasteiger partial charge in [-0.15, -0.1) is 0 Å². The first kappa shape index (κ1) is 14.6. The van der Waals surface area contributed by atoms with Gasteiger partial charge in [0.05, 0.1) is 6.10 Å². The summed E-state index contributed by atoms with van der Waals surface area (Å²) in [6.07, 6.45) is -0.510. The van der Waals surface area contributed by atoms with Crippen molar-refractivity contribution in [3.63, 3.8) is 0 Å². The van der Waals surface area contributed by atoms with Crippen LogP contribution < -0.4 is 5.32 Å². The molecular weight excluding hydrogens is 202 g/mol. The fourth-order valence-corrected chi connectivity index (χ4v) is 1.05. The number of rotatable bonds is 3. The third kappa shape index (κ3) is 5.51. The minimum absolute atomic E-state index is 0.147. The van der Waals surface area contributed by atoms with Crippen molar-refractivity contribution in [2.24, 2.45) is 0 Å². The standard InChI is InChI=1S/C11H15NO2.C2H6/c1-8-3-5-10(6-4-8)11(14)12-7-9(2)13;1-2/h3-6,9,13H,7H2,1-2H3,(H,12,14);1-2H3/t9-;/m1./s1. The van der Waals surface area contributed by atoms with Gasteiger partial charge in [-0.1, -0.05) is 31.5 Å². The molecule has 1 aromatic carbocycles. The van der Waals surface area contributed by atoms with Crippen LogP contribution in [-0.2, 0) is 0 Å². The Hall–Kier alpha value is -1.35. The van der Waals surface area contributed by atoms with E-state index in [0.717, 1.165) is 5.56 Å². The summed E-state index contributed by atoms with van der Waals surface area (Å²) in [5.41, 5.74) is 1.74. The van der Waals surface area contributed by atoms with Crippen molar-refractivity contribution >= 4 is 5.91 Å². The predicted octanol–water partition coefficient (Wildman–Crippen LogP) is 2.13. The maximum Gasteiger partial charge on any atom is 0.251 e. The smallest absolute Gasteiger partial charge is 0.251 e. The highest BCUT2D eigenvalue weighted by Gasteiger charge is 2.04. The van der Waals surface area contributed by atoms with E-state index in [1.807, 2.05) is 32.9 Å². The molecule has 3 nitrogen and oxygen atoms in total. The molecule has 0 aromatic heterocycles. The Morgan fingerprint density at radius 3 is 2.25 bits per heavy atom. The van der Waals surface area contributed by atoms with E-state index < -0.39 is 6.10 Å². The van der Waals surface area contributed by atoms with Crippen molar-refractivity contribution in [3.05, 3.63) is 35.4 Å². The molecule has 0 radical (unpaired) electrons. The topological polar surface area (TPSA) is 49.3 Å². The molecule has 1 aromatic rings. The lowest BCUT2D eigenvalue weighted by Crippen LogP contribution is -2.30. The summed E-state index contributed by atoms with van der Waals surface area (Å²) in [6.45, 7) is 7.89. The zero-order chi connectivity index (χ0) is 12.6. The Kier molecular flexibility index (Phi) is 7.21. The number of carbonyl (C=O) groups is 1. The first-order valence-corrected chi connectivity index (χ1v) is 5.62. The molecule has 0 fully saturated rings. The summed E-state index contributed by atoms with van der Waals surface area (Å²) in [5, 5.41) is 11.6. The molecule has 2 N–H and O–H groups in total. The predicted molar refractivity (Wildman–Crippen MR) is 66.5 cm³/mol. The number of aliphatic hydroxyl groups excluding tert-OH is 1. The minimum atomic E-state index is -0.510. The van der Waals surface area contributed by atoms with Crippen LogP contribution in [0.2, 0.25) is 0 Å². The van der Waals surface area contributed by atoms with Gasteiger partial charge >= 0.3 is 0 Å². The Morgan fingerprint density at radius 2 is 1.81 bits per heavy atom. The molecule has 0 aliphatic rings. The lowest BCUT2D eigenvalue weighted by molar-refractivity contribution is 0.0924. The highest BCUT2D eigenvalue weighted by atomic mass is 16.3. The van der Waals surface area contributed by atoms with Crippen LogP contribution >= 0.6 is 0 Å². The van der Waals surface area contributed by atoms with Crippen LogP contribution in [0.25, 0.3) is 0 Å². The number of carbonyl (C=O) groups excluding carboxylic acids is 1. The van der Waals surface area contributed by atoms with Crippen LogP contribution in [0.5, 0.6) is 0 Å². The lowest BCUT2D eigenvalue weighted by Gasteiger charge is -2.06. The summed E-state index contributed by atoms with van der Waals surface area (Å²) >= 11 is 0. The SMILES string of the molecule is CC.Cc1ccc(C(=O)NC[C@@H](C)O)cc1. The van der Waals surface area contributed by atoms with E-state index in [0.29, 0.717) is 5.56 Å². The molecule has 0 heterocycles. The van der Waals surface area contributed by atoms with Crippen molar-refractivity contribution in [3.8, 4) is 0 Å². The molecule has 1 atom stereocenters. The maximum atomic E-state index is 11.4. The quantitative estimate of drug-likeness (QED) is 0.824. The summed E-state index contributed by atoms with van der Waals surface area (Å²) in [6, 6.07) is 7.31. The van der Waals surface area contributed by atoms with Crippen molar-refractivity contribution < 1.29 is 9.90 Å². The highest BCUT2D eigenvalue weighted by Crippen LogP contribution is 2.02. The van der Waals surface area contributed by atoms with Gasteiger partial charge in [-0.25, -0.2) is 0 Å². The molecule has 0 saturated carbocycles. The molecule has 1 amide bonds. The van der Waals surface area contributed by atoms with Gasteiger partial charge in [0.2, 0.25) is 0 Å². The van der Waals surface area contributed by atoms with Crippen LogP contribution in [0.4, 0.5) is 0 Å². The monoisotopic (exact) mass is 223 g/mol. The number of nitrogens with one attached hydrogen (secondary N) is 1. The molecule has 0 saturated heterocycles. The highest BCUT2D eigenvalue weighted by molar-refractivity contribution is 5.94. The first-order valence-electron chi connectivity index (χ1n) is 5.62. The second-order valence-electron chi connectivity index (χ2n) is 3.43. The molecule has 1 rings (SSSR count). The van der Waals surface area contributed by atoms with E-state index in [1.165, 1.54) is 0 Å². The molecule has 90 valence electrons. The Morgan fingerprint density at radius 1 is 1.31 bits per heavy atom. The van der Waals surface area contributed by atoms with E-state index in [4.69, 9.17) is 5.11 Å². The second-order valence-corrected chi connectivity index (χ2v) is 3.43. The van der Waals surface area contributed by atoms with Gasteiger partial charge in [-0.05, 0) is 26.0 Å². The molecular formula is C13H21NO2. The molecule has 16 heavy (non-hydrogen) atoms. The molecule has 0 spiro atoms. The van der Waals surface area contributed by atoms with Crippen molar-refractivity contribution in [1.29, 1.82) is 0 Å². The largest absolute Gasteiger partial charge is 0.392 e. The average molecular weight is 223 g/mol. The molecule has 0 aliphatic carbocycles. The third-order valence-corrected chi connectivity index (χ3v) is 1.87. The Bertz CT molecular complexity index is 304. The van der Waals surface area contributed by atoms with Gasteiger partial charge in [0.1, 0.15) is 0 Å². The van der Waals surface area contributed by atoms with E-state index >= 15 is 0 Å². The molecule has 0 unspecified atom stereocenters. The van der Waals surface area contributed by atoms with Crippen LogP contribution in [0.15, 0.2) is 24.3 Å². The number of aliphatic hydroxyl groups is 1. The second kappa shape index (κ2) is 7.88. The zero-order valence-corrected chi connectivity index (χ0v) is 10.4. The van der Waals surface area contributed by atoms with Gasteiger partial charge < -0.3 is 10.4 Å². The van der Waals surface area contributed by atoms with E-state index in [2.05, 4.69) is 5.32 Å². The van der Waals surface area contributed by atoms with Crippen molar-refractivity contribution in [2.45, 2.75) is 33.8 Å². The van der Waals surface area contributed by atoms with Gasteiger partial charge in [-0.3, -0.25) is 4.79 Å². The van der Waals surface area contributed by atoms with Gasteiger partial charge in [-0.2, -0.15) is 0 Å².